The van der Waals surface area contributed by atoms with Gasteiger partial charge in [-0.3, -0.25) is 19.2 Å². The summed E-state index contributed by atoms with van der Waals surface area (Å²) in [5, 5.41) is 34.1. The quantitative estimate of drug-likeness (QED) is 0.453. The minimum Gasteiger partial charge on any atom is -0.481 e. The first-order valence-corrected chi connectivity index (χ1v) is 4.15. The molecule has 0 aromatic carbocycles. The van der Waals surface area contributed by atoms with Crippen molar-refractivity contribution in [3.05, 3.63) is 0 Å². The van der Waals surface area contributed by atoms with Gasteiger partial charge in [-0.15, -0.1) is 0 Å². The van der Waals surface area contributed by atoms with Crippen LogP contribution in [0.2, 0.25) is 0 Å². The second-order valence-corrected chi connectivity index (χ2v) is 3.09. The maximum atomic E-state index is 10.6. The Morgan fingerprint density at radius 2 is 0.938 bits per heavy atom. The first kappa shape index (κ1) is 13.9. The number of carboxylic acids is 4. The van der Waals surface area contributed by atoms with Gasteiger partial charge >= 0.3 is 23.9 Å². The van der Waals surface area contributed by atoms with Crippen molar-refractivity contribution in [3.63, 3.8) is 0 Å². The smallest absolute Gasteiger partial charge is 0.307 e. The molecule has 0 saturated carbocycles. The summed E-state index contributed by atoms with van der Waals surface area (Å²) in [7, 11) is 0. The van der Waals surface area contributed by atoms with E-state index < -0.39 is 48.6 Å². The molecule has 0 unspecified atom stereocenters. The van der Waals surface area contributed by atoms with E-state index >= 15 is 0 Å². The molecule has 0 radical (unpaired) electrons. The summed E-state index contributed by atoms with van der Waals surface area (Å²) >= 11 is 0. The topological polar surface area (TPSA) is 149 Å². The van der Waals surface area contributed by atoms with Crippen LogP contribution in [0.5, 0.6) is 0 Å². The molecule has 0 heterocycles. The van der Waals surface area contributed by atoms with Gasteiger partial charge in [0.2, 0.25) is 0 Å². The molecule has 0 rings (SSSR count). The fraction of sp³-hybridized carbons (Fsp3) is 0.500. The summed E-state index contributed by atoms with van der Waals surface area (Å²) in [5.41, 5.74) is 0. The molecule has 90 valence electrons. The van der Waals surface area contributed by atoms with E-state index in [1.165, 1.54) is 0 Å². The van der Waals surface area contributed by atoms with Crippen LogP contribution in [-0.4, -0.2) is 44.3 Å². The molecule has 0 aliphatic carbocycles. The highest BCUT2D eigenvalue weighted by atomic mass is 16.4. The van der Waals surface area contributed by atoms with Crippen LogP contribution in [0.25, 0.3) is 0 Å². The van der Waals surface area contributed by atoms with E-state index in [9.17, 15) is 19.2 Å². The minimum atomic E-state index is -1.76. The van der Waals surface area contributed by atoms with E-state index in [2.05, 4.69) is 0 Å². The normalized spacial score (nSPS) is 13.8. The van der Waals surface area contributed by atoms with Gasteiger partial charge in [-0.25, -0.2) is 0 Å². The van der Waals surface area contributed by atoms with E-state index in [1.54, 1.807) is 0 Å². The summed E-state index contributed by atoms with van der Waals surface area (Å²) < 4.78 is 0. The lowest BCUT2D eigenvalue weighted by molar-refractivity contribution is -0.160. The van der Waals surface area contributed by atoms with Crippen LogP contribution < -0.4 is 0 Å². The number of aliphatic carboxylic acids is 4. The lowest BCUT2D eigenvalue weighted by Crippen LogP contribution is -2.33. The lowest BCUT2D eigenvalue weighted by atomic mass is 9.87. The monoisotopic (exact) mass is 234 g/mol. The second-order valence-electron chi connectivity index (χ2n) is 3.09. The standard InChI is InChI=1S/C8H10O8/c9-5(10)1-3(7(13)14)4(8(15)16)2-6(11)12/h3-4H,1-2H2,(H,9,10)(H,11,12)(H,13,14)(H,15,16)/t3-,4+. The third-order valence-corrected chi connectivity index (χ3v) is 1.91. The van der Waals surface area contributed by atoms with E-state index in [4.69, 9.17) is 20.4 Å². The lowest BCUT2D eigenvalue weighted by Gasteiger charge is -2.16. The zero-order valence-corrected chi connectivity index (χ0v) is 7.99. The fourth-order valence-corrected chi connectivity index (χ4v) is 1.18. The van der Waals surface area contributed by atoms with Gasteiger partial charge < -0.3 is 20.4 Å². The van der Waals surface area contributed by atoms with Crippen molar-refractivity contribution < 1.29 is 39.6 Å². The van der Waals surface area contributed by atoms with Crippen LogP contribution in [0.3, 0.4) is 0 Å². The predicted molar refractivity (Wildman–Crippen MR) is 46.8 cm³/mol. The maximum Gasteiger partial charge on any atom is 0.307 e. The molecular weight excluding hydrogens is 224 g/mol. The largest absolute Gasteiger partial charge is 0.481 e. The molecule has 2 atom stereocenters. The Balaban J connectivity index is 4.93. The fourth-order valence-electron chi connectivity index (χ4n) is 1.18. The van der Waals surface area contributed by atoms with Gasteiger partial charge in [-0.1, -0.05) is 0 Å². The number of hydrogen-bond donors (Lipinski definition) is 4. The van der Waals surface area contributed by atoms with E-state index in [0.29, 0.717) is 0 Å². The number of hydrogen-bond acceptors (Lipinski definition) is 4. The van der Waals surface area contributed by atoms with Crippen LogP contribution >= 0.6 is 0 Å². The highest BCUT2D eigenvalue weighted by molar-refractivity contribution is 5.86. The Kier molecular flexibility index (Phi) is 4.93. The van der Waals surface area contributed by atoms with Gasteiger partial charge in [0.15, 0.2) is 0 Å². The molecule has 4 N–H and O–H groups in total. The van der Waals surface area contributed by atoms with E-state index in [1.807, 2.05) is 0 Å². The van der Waals surface area contributed by atoms with Gasteiger partial charge in [0, 0.05) is 0 Å². The SMILES string of the molecule is O=C(O)C[C@H](C(=O)O)[C@@H](CC(=O)O)C(=O)O. The second kappa shape index (κ2) is 5.69. The Bertz CT molecular complexity index is 288. The summed E-state index contributed by atoms with van der Waals surface area (Å²) in [6.07, 6.45) is -1.86. The molecule has 0 saturated heterocycles. The summed E-state index contributed by atoms with van der Waals surface area (Å²) in [5.74, 6) is -9.79. The van der Waals surface area contributed by atoms with Crippen molar-refractivity contribution in [2.24, 2.45) is 11.8 Å². The Morgan fingerprint density at radius 3 is 1.06 bits per heavy atom. The average molecular weight is 234 g/mol. The molecular formula is C8H10O8. The van der Waals surface area contributed by atoms with Crippen LogP contribution in [0.15, 0.2) is 0 Å². The third kappa shape index (κ3) is 4.40. The third-order valence-electron chi connectivity index (χ3n) is 1.91. The molecule has 0 spiro atoms. The highest BCUT2D eigenvalue weighted by Crippen LogP contribution is 2.20. The van der Waals surface area contributed by atoms with Gasteiger partial charge in [0.05, 0.1) is 24.7 Å². The molecule has 0 bridgehead atoms. The van der Waals surface area contributed by atoms with Crippen molar-refractivity contribution in [3.8, 4) is 0 Å². The van der Waals surface area contributed by atoms with Crippen molar-refractivity contribution in [2.45, 2.75) is 12.8 Å². The van der Waals surface area contributed by atoms with E-state index in [0.717, 1.165) is 0 Å². The van der Waals surface area contributed by atoms with Crippen LogP contribution in [0.4, 0.5) is 0 Å². The Hall–Kier alpha value is -2.12. The van der Waals surface area contributed by atoms with Crippen molar-refractivity contribution >= 4 is 23.9 Å². The summed E-state index contributed by atoms with van der Waals surface area (Å²) in [4.78, 5) is 41.9. The number of carbonyl (C=O) groups is 4. The summed E-state index contributed by atoms with van der Waals surface area (Å²) in [6, 6.07) is 0. The highest BCUT2D eigenvalue weighted by Gasteiger charge is 2.36. The van der Waals surface area contributed by atoms with Crippen molar-refractivity contribution in [1.82, 2.24) is 0 Å². The molecule has 0 aromatic rings. The molecule has 0 aliphatic rings. The first-order valence-electron chi connectivity index (χ1n) is 4.15. The Morgan fingerprint density at radius 1 is 0.688 bits per heavy atom. The van der Waals surface area contributed by atoms with E-state index in [-0.39, 0.29) is 0 Å². The van der Waals surface area contributed by atoms with Crippen molar-refractivity contribution in [1.29, 1.82) is 0 Å². The van der Waals surface area contributed by atoms with Crippen LogP contribution in [0.1, 0.15) is 12.8 Å². The van der Waals surface area contributed by atoms with Gasteiger partial charge in [-0.05, 0) is 0 Å². The molecule has 8 heteroatoms. The predicted octanol–water partition coefficient (Wildman–Crippen LogP) is -0.663. The average Bonchev–Trinajstić information content (AvgIpc) is 2.09. The van der Waals surface area contributed by atoms with Crippen LogP contribution in [0, 0.1) is 11.8 Å². The molecule has 8 nitrogen and oxygen atoms in total. The molecule has 16 heavy (non-hydrogen) atoms. The van der Waals surface area contributed by atoms with Crippen LogP contribution in [-0.2, 0) is 19.2 Å². The Labute approximate surface area is 89.1 Å². The molecule has 0 aliphatic heterocycles. The molecule has 0 fully saturated rings. The maximum absolute atomic E-state index is 10.6. The summed E-state index contributed by atoms with van der Waals surface area (Å²) in [6.45, 7) is 0. The number of carboxylic acid groups (broad SMARTS) is 4. The molecule has 0 aromatic heterocycles. The van der Waals surface area contributed by atoms with Gasteiger partial charge in [-0.2, -0.15) is 0 Å². The van der Waals surface area contributed by atoms with Gasteiger partial charge in [0.1, 0.15) is 0 Å². The zero-order chi connectivity index (χ0) is 12.9. The molecule has 0 amide bonds. The van der Waals surface area contributed by atoms with Gasteiger partial charge in [0.25, 0.3) is 0 Å². The zero-order valence-electron chi connectivity index (χ0n) is 7.99. The van der Waals surface area contributed by atoms with Crippen molar-refractivity contribution in [2.75, 3.05) is 0 Å². The first-order chi connectivity index (χ1) is 7.25. The minimum absolute atomic E-state index is 0.931. The number of rotatable bonds is 7.